The van der Waals surface area contributed by atoms with Crippen molar-refractivity contribution in [3.05, 3.63) is 0 Å². The Balaban J connectivity index is 4.36. The first kappa shape index (κ1) is 17.4. The number of aliphatic carboxylic acids is 1. The Kier molecular flexibility index (Phi) is 8.25. The van der Waals surface area contributed by atoms with Crippen LogP contribution in [0.2, 0.25) is 0 Å². The van der Waals surface area contributed by atoms with Crippen LogP contribution in [0.3, 0.4) is 0 Å². The van der Waals surface area contributed by atoms with Crippen molar-refractivity contribution in [2.24, 2.45) is 17.8 Å². The molecule has 0 bridgehead atoms. The number of hydrogen-bond acceptors (Lipinski definition) is 2. The van der Waals surface area contributed by atoms with E-state index in [9.17, 15) is 4.79 Å². The molecule has 0 unspecified atom stereocenters. The summed E-state index contributed by atoms with van der Waals surface area (Å²) >= 11 is 0. The molecule has 3 heteroatoms. The molecule has 0 fully saturated rings. The van der Waals surface area contributed by atoms with Crippen molar-refractivity contribution >= 4 is 5.97 Å². The number of carboxylic acid groups (broad SMARTS) is 1. The minimum Gasteiger partial charge on any atom is -0.481 e. The van der Waals surface area contributed by atoms with Gasteiger partial charge in [-0.1, -0.05) is 27.7 Å². The van der Waals surface area contributed by atoms with Gasteiger partial charge in [-0.3, -0.25) is 4.79 Å². The second kappa shape index (κ2) is 8.52. The van der Waals surface area contributed by atoms with E-state index in [2.05, 4.69) is 46.4 Å². The van der Waals surface area contributed by atoms with Crippen LogP contribution in [0.1, 0.15) is 54.4 Å². The zero-order valence-electron chi connectivity index (χ0n) is 12.9. The van der Waals surface area contributed by atoms with Crippen molar-refractivity contribution in [2.75, 3.05) is 13.1 Å². The molecule has 0 aromatic rings. The fraction of sp³-hybridized carbons (Fsp3) is 0.933. The number of carbonyl (C=O) groups is 1. The lowest BCUT2D eigenvalue weighted by Crippen LogP contribution is -2.39. The molecule has 0 amide bonds. The Hall–Kier alpha value is -0.570. The maximum atomic E-state index is 10.6. The second-order valence-electron chi connectivity index (χ2n) is 6.24. The summed E-state index contributed by atoms with van der Waals surface area (Å²) in [5.74, 6) is 1.33. The van der Waals surface area contributed by atoms with Gasteiger partial charge in [-0.2, -0.15) is 0 Å². The summed E-state index contributed by atoms with van der Waals surface area (Å²) in [6.45, 7) is 15.5. The largest absolute Gasteiger partial charge is 0.481 e. The first-order valence-corrected chi connectivity index (χ1v) is 7.21. The Labute approximate surface area is 113 Å². The van der Waals surface area contributed by atoms with Crippen LogP contribution in [0, 0.1) is 17.8 Å². The minimum absolute atomic E-state index is 0.275. The van der Waals surface area contributed by atoms with Crippen molar-refractivity contribution in [2.45, 2.75) is 60.4 Å². The number of hydrogen-bond donors (Lipinski definition) is 1. The van der Waals surface area contributed by atoms with Crippen LogP contribution in [0.25, 0.3) is 0 Å². The molecule has 18 heavy (non-hydrogen) atoms. The first-order chi connectivity index (χ1) is 8.25. The van der Waals surface area contributed by atoms with E-state index in [1.807, 2.05) is 0 Å². The van der Waals surface area contributed by atoms with E-state index >= 15 is 0 Å². The molecule has 0 spiro atoms. The van der Waals surface area contributed by atoms with E-state index in [1.165, 1.54) is 0 Å². The lowest BCUT2D eigenvalue weighted by Gasteiger charge is -2.34. The van der Waals surface area contributed by atoms with Gasteiger partial charge in [-0.05, 0) is 44.6 Å². The summed E-state index contributed by atoms with van der Waals surface area (Å²) in [4.78, 5) is 13.0. The summed E-state index contributed by atoms with van der Waals surface area (Å²) in [7, 11) is 0. The molecular formula is C15H31NO2. The molecule has 3 nitrogen and oxygen atoms in total. The van der Waals surface area contributed by atoms with Crippen LogP contribution in [-0.2, 0) is 4.79 Å². The lowest BCUT2D eigenvalue weighted by molar-refractivity contribution is -0.137. The molecule has 0 aliphatic carbocycles. The van der Waals surface area contributed by atoms with E-state index in [0.29, 0.717) is 23.8 Å². The van der Waals surface area contributed by atoms with Crippen molar-refractivity contribution in [1.82, 2.24) is 4.90 Å². The van der Waals surface area contributed by atoms with Gasteiger partial charge < -0.3 is 10.0 Å². The molecular weight excluding hydrogens is 226 g/mol. The number of rotatable bonds is 9. The fourth-order valence-electron chi connectivity index (χ4n) is 2.46. The molecule has 0 radical (unpaired) electrons. The molecule has 0 aliphatic heterocycles. The average Bonchev–Trinajstić information content (AvgIpc) is 2.20. The van der Waals surface area contributed by atoms with E-state index < -0.39 is 5.97 Å². The molecule has 0 aliphatic rings. The third-order valence-electron chi connectivity index (χ3n) is 3.72. The minimum atomic E-state index is -0.692. The molecule has 0 heterocycles. The number of nitrogens with zero attached hydrogens (tertiary/aromatic N) is 1. The topological polar surface area (TPSA) is 40.5 Å². The standard InChI is InChI=1S/C15H31NO2/c1-11(2)14(12(3)4)10-16(13(5)6)9-7-8-15(17)18/h11-14H,7-10H2,1-6H3,(H,17,18). The molecule has 0 aromatic heterocycles. The summed E-state index contributed by atoms with van der Waals surface area (Å²) in [5, 5.41) is 8.70. The fourth-order valence-corrected chi connectivity index (χ4v) is 2.46. The molecule has 0 rings (SSSR count). The van der Waals surface area contributed by atoms with E-state index in [4.69, 9.17) is 5.11 Å². The van der Waals surface area contributed by atoms with Gasteiger partial charge in [-0.15, -0.1) is 0 Å². The summed E-state index contributed by atoms with van der Waals surface area (Å²) in [5.41, 5.74) is 0. The third-order valence-corrected chi connectivity index (χ3v) is 3.72. The average molecular weight is 257 g/mol. The van der Waals surface area contributed by atoms with E-state index in [0.717, 1.165) is 19.5 Å². The molecule has 0 aromatic carbocycles. The zero-order chi connectivity index (χ0) is 14.3. The lowest BCUT2D eigenvalue weighted by atomic mass is 9.85. The van der Waals surface area contributed by atoms with Gasteiger partial charge in [0, 0.05) is 19.0 Å². The van der Waals surface area contributed by atoms with Crippen molar-refractivity contribution in [3.8, 4) is 0 Å². The Morgan fingerprint density at radius 1 is 1.06 bits per heavy atom. The van der Waals surface area contributed by atoms with Crippen molar-refractivity contribution in [3.63, 3.8) is 0 Å². The van der Waals surface area contributed by atoms with Gasteiger partial charge in [0.2, 0.25) is 0 Å². The van der Waals surface area contributed by atoms with Gasteiger partial charge in [0.15, 0.2) is 0 Å². The maximum absolute atomic E-state index is 10.6. The highest BCUT2D eigenvalue weighted by Gasteiger charge is 2.22. The van der Waals surface area contributed by atoms with Crippen LogP contribution >= 0.6 is 0 Å². The SMILES string of the molecule is CC(C)C(CN(CCCC(=O)O)C(C)C)C(C)C. The van der Waals surface area contributed by atoms with Crippen LogP contribution in [0.15, 0.2) is 0 Å². The van der Waals surface area contributed by atoms with E-state index in [-0.39, 0.29) is 6.42 Å². The second-order valence-corrected chi connectivity index (χ2v) is 6.24. The highest BCUT2D eigenvalue weighted by atomic mass is 16.4. The molecule has 0 saturated carbocycles. The predicted molar refractivity (Wildman–Crippen MR) is 76.7 cm³/mol. The van der Waals surface area contributed by atoms with Crippen LogP contribution < -0.4 is 0 Å². The summed E-state index contributed by atoms with van der Waals surface area (Å²) in [6, 6.07) is 0.485. The molecule has 1 N–H and O–H groups in total. The third kappa shape index (κ3) is 7.00. The highest BCUT2D eigenvalue weighted by molar-refractivity contribution is 5.66. The Bertz CT molecular complexity index is 229. The van der Waals surface area contributed by atoms with Crippen LogP contribution in [0.4, 0.5) is 0 Å². The van der Waals surface area contributed by atoms with Gasteiger partial charge in [0.25, 0.3) is 0 Å². The van der Waals surface area contributed by atoms with Crippen LogP contribution in [-0.4, -0.2) is 35.1 Å². The monoisotopic (exact) mass is 257 g/mol. The predicted octanol–water partition coefficient (Wildman–Crippen LogP) is 3.49. The van der Waals surface area contributed by atoms with Crippen molar-refractivity contribution < 1.29 is 9.90 Å². The van der Waals surface area contributed by atoms with Gasteiger partial charge >= 0.3 is 5.97 Å². The van der Waals surface area contributed by atoms with Crippen LogP contribution in [0.5, 0.6) is 0 Å². The maximum Gasteiger partial charge on any atom is 0.303 e. The van der Waals surface area contributed by atoms with Gasteiger partial charge in [0.05, 0.1) is 0 Å². The van der Waals surface area contributed by atoms with Gasteiger partial charge in [-0.25, -0.2) is 0 Å². The normalized spacial score (nSPS) is 12.4. The molecule has 0 saturated heterocycles. The highest BCUT2D eigenvalue weighted by Crippen LogP contribution is 2.22. The van der Waals surface area contributed by atoms with Crippen molar-refractivity contribution in [1.29, 1.82) is 0 Å². The smallest absolute Gasteiger partial charge is 0.303 e. The Morgan fingerprint density at radius 3 is 1.89 bits per heavy atom. The molecule has 0 atom stereocenters. The number of carboxylic acids is 1. The Morgan fingerprint density at radius 2 is 1.56 bits per heavy atom. The van der Waals surface area contributed by atoms with E-state index in [1.54, 1.807) is 0 Å². The summed E-state index contributed by atoms with van der Waals surface area (Å²) in [6.07, 6.45) is 1.02. The first-order valence-electron chi connectivity index (χ1n) is 7.21. The zero-order valence-corrected chi connectivity index (χ0v) is 12.9. The quantitative estimate of drug-likeness (QED) is 0.687. The summed E-state index contributed by atoms with van der Waals surface area (Å²) < 4.78 is 0. The van der Waals surface area contributed by atoms with Gasteiger partial charge in [0.1, 0.15) is 0 Å². The molecule has 108 valence electrons.